The molecule has 15 heavy (non-hydrogen) atoms. The second-order valence-electron chi connectivity index (χ2n) is 3.46. The lowest BCUT2D eigenvalue weighted by Crippen LogP contribution is -2.10. The molecule has 0 heterocycles. The van der Waals surface area contributed by atoms with Crippen LogP contribution >= 0.6 is 11.6 Å². The predicted octanol–water partition coefficient (Wildman–Crippen LogP) is 3.03. The van der Waals surface area contributed by atoms with Crippen molar-refractivity contribution in [2.24, 2.45) is 5.92 Å². The van der Waals surface area contributed by atoms with Crippen LogP contribution in [0.25, 0.3) is 0 Å². The number of hydrogen-bond acceptors (Lipinski definition) is 2. The van der Waals surface area contributed by atoms with Crippen LogP contribution in [0.2, 0.25) is 0 Å². The van der Waals surface area contributed by atoms with Crippen molar-refractivity contribution in [2.45, 2.75) is 19.8 Å². The van der Waals surface area contributed by atoms with Gasteiger partial charge in [-0.05, 0) is 42.1 Å². The van der Waals surface area contributed by atoms with E-state index >= 15 is 0 Å². The zero-order valence-electron chi connectivity index (χ0n) is 9.00. The SMILES string of the molecule is CCC(Cc1ccc(OC)cc1)C(=O)Cl. The maximum Gasteiger partial charge on any atom is 0.225 e. The van der Waals surface area contributed by atoms with E-state index in [0.717, 1.165) is 17.7 Å². The Labute approximate surface area is 95.2 Å². The maximum atomic E-state index is 11.0. The van der Waals surface area contributed by atoms with Crippen molar-refractivity contribution in [1.29, 1.82) is 0 Å². The Hall–Kier alpha value is -1.02. The minimum absolute atomic E-state index is 0.0833. The fourth-order valence-corrected chi connectivity index (χ4v) is 1.66. The van der Waals surface area contributed by atoms with Crippen LogP contribution in [-0.2, 0) is 11.2 Å². The normalized spacial score (nSPS) is 12.2. The number of methoxy groups -OCH3 is 1. The van der Waals surface area contributed by atoms with E-state index in [-0.39, 0.29) is 11.2 Å². The molecule has 0 fully saturated rings. The summed E-state index contributed by atoms with van der Waals surface area (Å²) in [5.74, 6) is 0.740. The molecule has 1 aromatic rings. The maximum absolute atomic E-state index is 11.0. The second-order valence-corrected chi connectivity index (χ2v) is 3.83. The van der Waals surface area contributed by atoms with Crippen molar-refractivity contribution in [1.82, 2.24) is 0 Å². The zero-order valence-corrected chi connectivity index (χ0v) is 9.75. The first-order chi connectivity index (χ1) is 7.17. The Balaban J connectivity index is 2.67. The average Bonchev–Trinajstić information content (AvgIpc) is 2.26. The molecule has 0 saturated heterocycles. The first kappa shape index (κ1) is 12.1. The fraction of sp³-hybridized carbons (Fsp3) is 0.417. The summed E-state index contributed by atoms with van der Waals surface area (Å²) in [6, 6.07) is 7.70. The van der Waals surface area contributed by atoms with Crippen molar-refractivity contribution in [3.63, 3.8) is 0 Å². The zero-order chi connectivity index (χ0) is 11.3. The van der Waals surface area contributed by atoms with Crippen LogP contribution in [-0.4, -0.2) is 12.4 Å². The molecular weight excluding hydrogens is 212 g/mol. The smallest absolute Gasteiger partial charge is 0.225 e. The summed E-state index contributed by atoms with van der Waals surface area (Å²) >= 11 is 5.49. The Bertz CT molecular complexity index is 319. The molecule has 2 nitrogen and oxygen atoms in total. The number of ether oxygens (including phenoxy) is 1. The van der Waals surface area contributed by atoms with Gasteiger partial charge < -0.3 is 4.74 Å². The molecule has 1 rings (SSSR count). The van der Waals surface area contributed by atoms with Crippen molar-refractivity contribution in [3.8, 4) is 5.75 Å². The van der Waals surface area contributed by atoms with Gasteiger partial charge in [-0.15, -0.1) is 0 Å². The third-order valence-electron chi connectivity index (χ3n) is 2.45. The second kappa shape index (κ2) is 5.76. The van der Waals surface area contributed by atoms with Crippen LogP contribution in [0, 0.1) is 5.92 Å². The van der Waals surface area contributed by atoms with Gasteiger partial charge in [0, 0.05) is 5.92 Å². The van der Waals surface area contributed by atoms with Gasteiger partial charge in [-0.1, -0.05) is 19.1 Å². The Morgan fingerprint density at radius 3 is 2.40 bits per heavy atom. The van der Waals surface area contributed by atoms with Gasteiger partial charge >= 0.3 is 0 Å². The molecule has 0 N–H and O–H groups in total. The standard InChI is InChI=1S/C12H15ClO2/c1-3-10(12(13)14)8-9-4-6-11(15-2)7-5-9/h4-7,10H,3,8H2,1-2H3. The Kier molecular flexibility index (Phi) is 4.63. The molecule has 82 valence electrons. The molecule has 0 aliphatic heterocycles. The summed E-state index contributed by atoms with van der Waals surface area (Å²) in [5, 5.41) is -0.256. The van der Waals surface area contributed by atoms with Gasteiger partial charge in [0.25, 0.3) is 0 Å². The Morgan fingerprint density at radius 1 is 1.40 bits per heavy atom. The molecule has 1 atom stereocenters. The van der Waals surface area contributed by atoms with Crippen LogP contribution < -0.4 is 4.74 Å². The van der Waals surface area contributed by atoms with Crippen LogP contribution in [0.4, 0.5) is 0 Å². The first-order valence-corrected chi connectivity index (χ1v) is 5.37. The molecule has 0 aromatic heterocycles. The molecule has 0 bridgehead atoms. The number of carbonyl (C=O) groups excluding carboxylic acids is 1. The first-order valence-electron chi connectivity index (χ1n) is 4.99. The minimum atomic E-state index is -0.256. The number of halogens is 1. The molecule has 1 unspecified atom stereocenters. The number of carbonyl (C=O) groups is 1. The van der Waals surface area contributed by atoms with Gasteiger partial charge in [-0.3, -0.25) is 4.79 Å². The van der Waals surface area contributed by atoms with Gasteiger partial charge in [0.15, 0.2) is 0 Å². The third-order valence-corrected chi connectivity index (χ3v) is 2.76. The van der Waals surface area contributed by atoms with Crippen LogP contribution in [0.5, 0.6) is 5.75 Å². The Morgan fingerprint density at radius 2 is 2.00 bits per heavy atom. The highest BCUT2D eigenvalue weighted by Crippen LogP contribution is 2.17. The van der Waals surface area contributed by atoms with Gasteiger partial charge in [0.2, 0.25) is 5.24 Å². The molecule has 0 amide bonds. The molecule has 0 spiro atoms. The molecule has 0 radical (unpaired) electrons. The number of rotatable bonds is 5. The summed E-state index contributed by atoms with van der Waals surface area (Å²) in [7, 11) is 1.63. The van der Waals surface area contributed by atoms with E-state index in [0.29, 0.717) is 6.42 Å². The highest BCUT2D eigenvalue weighted by atomic mass is 35.5. The molecular formula is C12H15ClO2. The molecule has 0 aliphatic carbocycles. The summed E-state index contributed by atoms with van der Waals surface area (Å²) in [6.45, 7) is 1.97. The van der Waals surface area contributed by atoms with Crippen LogP contribution in [0.1, 0.15) is 18.9 Å². The van der Waals surface area contributed by atoms with Crippen LogP contribution in [0.15, 0.2) is 24.3 Å². The summed E-state index contributed by atoms with van der Waals surface area (Å²) < 4.78 is 5.05. The van der Waals surface area contributed by atoms with Gasteiger partial charge in [0.05, 0.1) is 7.11 Å². The summed E-state index contributed by atoms with van der Waals surface area (Å²) in [4.78, 5) is 11.0. The summed E-state index contributed by atoms with van der Waals surface area (Å²) in [5.41, 5.74) is 1.11. The minimum Gasteiger partial charge on any atom is -0.497 e. The van der Waals surface area contributed by atoms with Crippen molar-refractivity contribution < 1.29 is 9.53 Å². The third kappa shape index (κ3) is 3.56. The van der Waals surface area contributed by atoms with Crippen LogP contribution in [0.3, 0.4) is 0 Å². The van der Waals surface area contributed by atoms with E-state index in [9.17, 15) is 4.79 Å². The largest absolute Gasteiger partial charge is 0.497 e. The van der Waals surface area contributed by atoms with Gasteiger partial charge in [0.1, 0.15) is 5.75 Å². The van der Waals surface area contributed by atoms with E-state index in [1.807, 2.05) is 31.2 Å². The monoisotopic (exact) mass is 226 g/mol. The van der Waals surface area contributed by atoms with Gasteiger partial charge in [-0.25, -0.2) is 0 Å². The quantitative estimate of drug-likeness (QED) is 0.722. The molecule has 3 heteroatoms. The number of benzene rings is 1. The average molecular weight is 227 g/mol. The number of hydrogen-bond donors (Lipinski definition) is 0. The lowest BCUT2D eigenvalue weighted by Gasteiger charge is -2.09. The van der Waals surface area contributed by atoms with Crippen molar-refractivity contribution in [2.75, 3.05) is 7.11 Å². The van der Waals surface area contributed by atoms with E-state index in [1.54, 1.807) is 7.11 Å². The van der Waals surface area contributed by atoms with E-state index < -0.39 is 0 Å². The molecule has 0 saturated carbocycles. The lowest BCUT2D eigenvalue weighted by atomic mass is 9.98. The highest BCUT2D eigenvalue weighted by Gasteiger charge is 2.14. The summed E-state index contributed by atoms with van der Waals surface area (Å²) in [6.07, 6.45) is 1.47. The van der Waals surface area contributed by atoms with E-state index in [4.69, 9.17) is 16.3 Å². The lowest BCUT2D eigenvalue weighted by molar-refractivity contribution is -0.115. The molecule has 0 aliphatic rings. The topological polar surface area (TPSA) is 26.3 Å². The van der Waals surface area contributed by atoms with Gasteiger partial charge in [-0.2, -0.15) is 0 Å². The molecule has 1 aromatic carbocycles. The fourth-order valence-electron chi connectivity index (χ4n) is 1.43. The predicted molar refractivity (Wildman–Crippen MR) is 61.3 cm³/mol. The van der Waals surface area contributed by atoms with E-state index in [1.165, 1.54) is 0 Å². The van der Waals surface area contributed by atoms with E-state index in [2.05, 4.69) is 0 Å². The van der Waals surface area contributed by atoms with Crippen molar-refractivity contribution in [3.05, 3.63) is 29.8 Å². The highest BCUT2D eigenvalue weighted by molar-refractivity contribution is 6.63. The van der Waals surface area contributed by atoms with Crippen molar-refractivity contribution >= 4 is 16.8 Å².